The number of aryl methyl sites for hydroxylation is 1. The van der Waals surface area contributed by atoms with Crippen LogP contribution >= 0.6 is 12.4 Å². The zero-order valence-electron chi connectivity index (χ0n) is 11.9. The number of hydrogen-bond donors (Lipinski definition) is 1. The number of fused-ring (bicyclic) bond motifs is 1. The minimum atomic E-state index is -3.41. The third kappa shape index (κ3) is 2.50. The van der Waals surface area contributed by atoms with Crippen molar-refractivity contribution in [2.75, 3.05) is 13.1 Å². The van der Waals surface area contributed by atoms with Gasteiger partial charge in [-0.2, -0.15) is 4.31 Å². The zero-order chi connectivity index (χ0) is 13.7. The van der Waals surface area contributed by atoms with Crippen molar-refractivity contribution in [3.05, 3.63) is 12.0 Å². The third-order valence-electron chi connectivity index (χ3n) is 4.53. The van der Waals surface area contributed by atoms with E-state index in [9.17, 15) is 8.42 Å². The highest BCUT2D eigenvalue weighted by Crippen LogP contribution is 2.36. The minimum Gasteiger partial charge on any atom is -0.318 e. The molecule has 3 aliphatic rings. The number of hydrogen-bond acceptors (Lipinski definition) is 4. The summed E-state index contributed by atoms with van der Waals surface area (Å²) in [5, 5.41) is 3.68. The minimum absolute atomic E-state index is 0. The second-order valence-corrected chi connectivity index (χ2v) is 7.77. The fraction of sp³-hybridized carbons (Fsp3) is 0.769. The van der Waals surface area contributed by atoms with E-state index >= 15 is 0 Å². The Balaban J connectivity index is 0.00000132. The fourth-order valence-corrected chi connectivity index (χ4v) is 5.47. The topological polar surface area (TPSA) is 67.2 Å². The van der Waals surface area contributed by atoms with Gasteiger partial charge in [0.1, 0.15) is 5.82 Å². The fourth-order valence-electron chi connectivity index (χ4n) is 3.42. The van der Waals surface area contributed by atoms with Gasteiger partial charge in [0.25, 0.3) is 10.0 Å². The highest BCUT2D eigenvalue weighted by molar-refractivity contribution is 7.89. The first-order valence-electron chi connectivity index (χ1n) is 7.46. The number of rotatable bonds is 4. The molecule has 1 saturated heterocycles. The maximum Gasteiger partial charge on any atom is 0.260 e. The van der Waals surface area contributed by atoms with Gasteiger partial charge in [-0.05, 0) is 32.2 Å². The molecule has 0 spiro atoms. The lowest BCUT2D eigenvalue weighted by Gasteiger charge is -2.27. The average molecular weight is 333 g/mol. The molecule has 1 aromatic rings. The number of imidazole rings is 1. The van der Waals surface area contributed by atoms with Gasteiger partial charge in [-0.1, -0.05) is 0 Å². The van der Waals surface area contributed by atoms with Crippen molar-refractivity contribution < 1.29 is 8.42 Å². The van der Waals surface area contributed by atoms with Crippen molar-refractivity contribution in [1.29, 1.82) is 0 Å². The van der Waals surface area contributed by atoms with Gasteiger partial charge in [-0.3, -0.25) is 0 Å². The largest absolute Gasteiger partial charge is 0.318 e. The summed E-state index contributed by atoms with van der Waals surface area (Å²) in [5.41, 5.74) is 0. The maximum absolute atomic E-state index is 13.1. The highest BCUT2D eigenvalue weighted by Gasteiger charge is 2.44. The first-order chi connectivity index (χ1) is 9.68. The standard InChI is InChI=1S/C13H20N4O2S.ClH/c18-20(19,13-9-15-12-2-1-7-16(12)13)17(10-3-4-10)11-5-6-14-8-11;/h9-11,14H,1-8H2;1H. The molecule has 3 heterocycles. The van der Waals surface area contributed by atoms with Crippen LogP contribution in [0.25, 0.3) is 0 Å². The van der Waals surface area contributed by atoms with Crippen LogP contribution in [0.2, 0.25) is 0 Å². The van der Waals surface area contributed by atoms with Crippen LogP contribution in [0.5, 0.6) is 0 Å². The predicted molar refractivity (Wildman–Crippen MR) is 81.1 cm³/mol. The second kappa shape index (κ2) is 5.53. The van der Waals surface area contributed by atoms with E-state index in [4.69, 9.17) is 0 Å². The van der Waals surface area contributed by atoms with Crippen LogP contribution in [0.1, 0.15) is 31.5 Å². The van der Waals surface area contributed by atoms with Crippen molar-refractivity contribution in [3.63, 3.8) is 0 Å². The van der Waals surface area contributed by atoms with E-state index in [2.05, 4.69) is 10.3 Å². The van der Waals surface area contributed by atoms with E-state index in [0.717, 1.165) is 57.6 Å². The average Bonchev–Trinajstić information content (AvgIpc) is 2.83. The second-order valence-electron chi connectivity index (χ2n) is 5.98. The lowest BCUT2D eigenvalue weighted by molar-refractivity contribution is 0.324. The zero-order valence-corrected chi connectivity index (χ0v) is 13.5. The van der Waals surface area contributed by atoms with Crippen molar-refractivity contribution >= 4 is 22.4 Å². The third-order valence-corrected chi connectivity index (χ3v) is 6.53. The number of halogens is 1. The van der Waals surface area contributed by atoms with Gasteiger partial charge >= 0.3 is 0 Å². The number of nitrogens with zero attached hydrogens (tertiary/aromatic N) is 3. The Bertz CT molecular complexity index is 620. The monoisotopic (exact) mass is 332 g/mol. The normalized spacial score (nSPS) is 25.1. The van der Waals surface area contributed by atoms with Gasteiger partial charge in [-0.15, -0.1) is 12.4 Å². The molecule has 1 aliphatic carbocycles. The summed E-state index contributed by atoms with van der Waals surface area (Å²) in [6, 6.07) is 0.317. The molecule has 1 aromatic heterocycles. The number of aromatic nitrogens is 2. The molecule has 1 atom stereocenters. The lowest BCUT2D eigenvalue weighted by Crippen LogP contribution is -2.43. The van der Waals surface area contributed by atoms with E-state index in [1.165, 1.54) is 0 Å². The van der Waals surface area contributed by atoms with Gasteiger partial charge in [-0.25, -0.2) is 13.4 Å². The van der Waals surface area contributed by atoms with Crippen molar-refractivity contribution in [3.8, 4) is 0 Å². The summed E-state index contributed by atoms with van der Waals surface area (Å²) < 4.78 is 29.8. The Hall–Kier alpha value is -0.630. The summed E-state index contributed by atoms with van der Waals surface area (Å²) in [5.74, 6) is 0.920. The summed E-state index contributed by atoms with van der Waals surface area (Å²) in [7, 11) is -3.41. The summed E-state index contributed by atoms with van der Waals surface area (Å²) >= 11 is 0. The Labute approximate surface area is 131 Å². The summed E-state index contributed by atoms with van der Waals surface area (Å²) in [6.45, 7) is 2.47. The van der Waals surface area contributed by atoms with Gasteiger partial charge in [0.15, 0.2) is 5.03 Å². The molecule has 118 valence electrons. The van der Waals surface area contributed by atoms with E-state index in [1.54, 1.807) is 10.5 Å². The molecule has 0 aromatic carbocycles. The van der Waals surface area contributed by atoms with E-state index in [1.807, 2.05) is 4.57 Å². The van der Waals surface area contributed by atoms with E-state index < -0.39 is 10.0 Å². The molecule has 1 unspecified atom stereocenters. The van der Waals surface area contributed by atoms with Crippen LogP contribution < -0.4 is 5.32 Å². The van der Waals surface area contributed by atoms with Gasteiger partial charge < -0.3 is 9.88 Å². The predicted octanol–water partition coefficient (Wildman–Crippen LogP) is 0.766. The van der Waals surface area contributed by atoms with Crippen LogP contribution in [-0.4, -0.2) is 47.4 Å². The molecule has 6 nitrogen and oxygen atoms in total. The Kier molecular flexibility index (Phi) is 4.02. The Morgan fingerprint density at radius 3 is 2.76 bits per heavy atom. The number of sulfonamides is 1. The maximum atomic E-state index is 13.1. The lowest BCUT2D eigenvalue weighted by atomic mass is 10.2. The molecule has 2 fully saturated rings. The molecule has 0 amide bonds. The molecule has 2 aliphatic heterocycles. The Morgan fingerprint density at radius 1 is 1.29 bits per heavy atom. The van der Waals surface area contributed by atoms with Crippen molar-refractivity contribution in [2.45, 2.75) is 55.8 Å². The molecule has 1 saturated carbocycles. The van der Waals surface area contributed by atoms with Gasteiger partial charge in [0, 0.05) is 31.6 Å². The van der Waals surface area contributed by atoms with E-state index in [0.29, 0.717) is 5.03 Å². The molecule has 1 N–H and O–H groups in total. The van der Waals surface area contributed by atoms with Crippen LogP contribution in [0, 0.1) is 0 Å². The molecular formula is C13H21ClN4O2S. The van der Waals surface area contributed by atoms with Crippen LogP contribution in [0.15, 0.2) is 11.2 Å². The van der Waals surface area contributed by atoms with Crippen molar-refractivity contribution in [2.24, 2.45) is 0 Å². The van der Waals surface area contributed by atoms with Crippen molar-refractivity contribution in [1.82, 2.24) is 19.2 Å². The highest BCUT2D eigenvalue weighted by atomic mass is 35.5. The van der Waals surface area contributed by atoms with Crippen LogP contribution in [0.3, 0.4) is 0 Å². The van der Waals surface area contributed by atoms with Gasteiger partial charge in [0.2, 0.25) is 0 Å². The molecular weight excluding hydrogens is 312 g/mol. The molecule has 4 rings (SSSR count). The molecule has 0 radical (unpaired) electrons. The van der Waals surface area contributed by atoms with Gasteiger partial charge in [0.05, 0.1) is 6.20 Å². The van der Waals surface area contributed by atoms with E-state index in [-0.39, 0.29) is 24.5 Å². The molecule has 0 bridgehead atoms. The number of nitrogens with one attached hydrogen (secondary N) is 1. The SMILES string of the molecule is Cl.O=S(=O)(c1cnc2n1CCC2)N(C1CC1)C1CCNC1. The summed E-state index contributed by atoms with van der Waals surface area (Å²) in [4.78, 5) is 4.29. The smallest absolute Gasteiger partial charge is 0.260 e. The first kappa shape index (κ1) is 15.3. The van der Waals surface area contributed by atoms with Crippen LogP contribution in [-0.2, 0) is 23.0 Å². The molecule has 21 heavy (non-hydrogen) atoms. The quantitative estimate of drug-likeness (QED) is 0.884. The summed E-state index contributed by atoms with van der Waals surface area (Å²) in [6.07, 6.45) is 6.36. The first-order valence-corrected chi connectivity index (χ1v) is 8.90. The van der Waals surface area contributed by atoms with Crippen LogP contribution in [0.4, 0.5) is 0 Å². The molecule has 8 heteroatoms. The Morgan fingerprint density at radius 2 is 2.10 bits per heavy atom.